The van der Waals surface area contributed by atoms with Crippen molar-refractivity contribution in [3.8, 4) is 0 Å². The molecule has 3 heterocycles. The third kappa shape index (κ3) is 5.48. The molecule has 9 heteroatoms. The molecule has 0 N–H and O–H groups in total. The lowest BCUT2D eigenvalue weighted by Crippen LogP contribution is -2.46. The minimum Gasteiger partial charge on any atom is -0.301 e. The van der Waals surface area contributed by atoms with Gasteiger partial charge in [0.25, 0.3) is 5.56 Å². The van der Waals surface area contributed by atoms with Crippen molar-refractivity contribution in [2.24, 2.45) is 5.41 Å². The summed E-state index contributed by atoms with van der Waals surface area (Å²) in [6, 6.07) is 12.7. The highest BCUT2D eigenvalue weighted by Crippen LogP contribution is 2.32. The van der Waals surface area contributed by atoms with Crippen LogP contribution in [-0.2, 0) is 6.54 Å². The molecule has 0 radical (unpaired) electrons. The van der Waals surface area contributed by atoms with E-state index >= 15 is 0 Å². The number of aromatic nitrogens is 2. The summed E-state index contributed by atoms with van der Waals surface area (Å²) in [5, 5.41) is 3.73. The fourth-order valence-electron chi connectivity index (χ4n) is 5.15. The molecule has 0 bridgehead atoms. The van der Waals surface area contributed by atoms with E-state index < -0.39 is 11.1 Å². The van der Waals surface area contributed by atoms with E-state index in [1.54, 1.807) is 55.8 Å². The Labute approximate surface area is 234 Å². The fourth-order valence-corrected chi connectivity index (χ4v) is 5.94. The van der Waals surface area contributed by atoms with Crippen LogP contribution in [0.3, 0.4) is 0 Å². The fraction of sp³-hybridized carbons (Fsp3) is 0.323. The zero-order valence-electron chi connectivity index (χ0n) is 22.7. The summed E-state index contributed by atoms with van der Waals surface area (Å²) in [5.41, 5.74) is 2.48. The number of fused-ring (bicyclic) bond motifs is 1. The number of benzene rings is 2. The summed E-state index contributed by atoms with van der Waals surface area (Å²) >= 11 is 1.29. The Bertz CT molecular complexity index is 1650. The summed E-state index contributed by atoms with van der Waals surface area (Å²) < 4.78 is 29.6. The van der Waals surface area contributed by atoms with Crippen molar-refractivity contribution < 1.29 is 13.6 Å². The molecule has 40 heavy (non-hydrogen) atoms. The van der Waals surface area contributed by atoms with Gasteiger partial charge in [-0.3, -0.25) is 14.2 Å². The van der Waals surface area contributed by atoms with Gasteiger partial charge >= 0.3 is 5.69 Å². The maximum absolute atomic E-state index is 13.6. The number of halogens is 2. The molecule has 0 saturated carbocycles. The van der Waals surface area contributed by atoms with Gasteiger partial charge in [0.05, 0.1) is 10.9 Å². The molecule has 208 valence electrons. The standard InChI is InChI=1S/C31H31F2N3O3S/c1-31(2,3)29(38)36-26-19-40-18-25(26)28(37)35(30(36)39)17-16-34-14-12-22(13-15-34)27(20-4-8-23(32)9-5-20)21-6-10-24(33)11-7-21/h4-11,18-19H,12-17H2,1-3H3. The molecule has 0 spiro atoms. The first-order valence-electron chi connectivity index (χ1n) is 13.3. The van der Waals surface area contributed by atoms with Crippen LogP contribution in [0.25, 0.3) is 16.5 Å². The minimum absolute atomic E-state index is 0.169. The topological polar surface area (TPSA) is 64.3 Å². The Kier molecular flexibility index (Phi) is 7.70. The maximum Gasteiger partial charge on any atom is 0.338 e. The van der Waals surface area contributed by atoms with Crippen molar-refractivity contribution in [1.29, 1.82) is 0 Å². The molecule has 0 amide bonds. The molecular formula is C31H31F2N3O3S. The van der Waals surface area contributed by atoms with Gasteiger partial charge < -0.3 is 4.90 Å². The van der Waals surface area contributed by atoms with E-state index in [-0.39, 0.29) is 29.6 Å². The summed E-state index contributed by atoms with van der Waals surface area (Å²) in [4.78, 5) is 41.9. The molecule has 1 saturated heterocycles. The second-order valence-corrected chi connectivity index (χ2v) is 11.9. The summed E-state index contributed by atoms with van der Waals surface area (Å²) in [5.74, 6) is -0.987. The SMILES string of the molecule is CC(C)(C)C(=O)n1c(=O)n(CCN2CCC(=C(c3ccc(F)cc3)c3ccc(F)cc3)CC2)c(=O)c2cscc21. The number of thiophene rings is 1. The highest BCUT2D eigenvalue weighted by Gasteiger charge is 2.28. The quantitative estimate of drug-likeness (QED) is 0.309. The van der Waals surface area contributed by atoms with Crippen LogP contribution in [0.4, 0.5) is 8.78 Å². The molecule has 4 aromatic rings. The lowest BCUT2D eigenvalue weighted by atomic mass is 9.88. The average molecular weight is 564 g/mol. The van der Waals surface area contributed by atoms with Crippen molar-refractivity contribution in [3.05, 3.63) is 108 Å². The van der Waals surface area contributed by atoms with E-state index in [9.17, 15) is 23.2 Å². The molecule has 6 nitrogen and oxygen atoms in total. The molecule has 1 aliphatic heterocycles. The number of hydrogen-bond acceptors (Lipinski definition) is 5. The number of likely N-dealkylation sites (tertiary alicyclic amines) is 1. The highest BCUT2D eigenvalue weighted by molar-refractivity contribution is 7.09. The van der Waals surface area contributed by atoms with Crippen molar-refractivity contribution in [2.45, 2.75) is 40.2 Å². The zero-order valence-corrected chi connectivity index (χ0v) is 23.6. The van der Waals surface area contributed by atoms with Gasteiger partial charge in [-0.2, -0.15) is 0 Å². The summed E-state index contributed by atoms with van der Waals surface area (Å²) in [6.07, 6.45) is 1.46. The Morgan fingerprint density at radius 3 is 1.93 bits per heavy atom. The van der Waals surface area contributed by atoms with Gasteiger partial charge in [0, 0.05) is 42.4 Å². The van der Waals surface area contributed by atoms with Crippen molar-refractivity contribution in [3.63, 3.8) is 0 Å². The van der Waals surface area contributed by atoms with E-state index in [0.29, 0.717) is 30.5 Å². The third-order valence-electron chi connectivity index (χ3n) is 7.34. The van der Waals surface area contributed by atoms with Crippen LogP contribution >= 0.6 is 11.3 Å². The predicted octanol–water partition coefficient (Wildman–Crippen LogP) is 5.79. The van der Waals surface area contributed by atoms with Gasteiger partial charge in [-0.25, -0.2) is 18.1 Å². The van der Waals surface area contributed by atoms with E-state index in [1.807, 2.05) is 0 Å². The van der Waals surface area contributed by atoms with Crippen LogP contribution in [0.5, 0.6) is 0 Å². The van der Waals surface area contributed by atoms with Crippen LogP contribution in [0.15, 0.2) is 74.5 Å². The Morgan fingerprint density at radius 1 is 0.850 bits per heavy atom. The van der Waals surface area contributed by atoms with Gasteiger partial charge in [-0.05, 0) is 53.8 Å². The van der Waals surface area contributed by atoms with Gasteiger partial charge in [-0.1, -0.05) is 50.6 Å². The normalized spacial score (nSPS) is 14.6. The van der Waals surface area contributed by atoms with Crippen LogP contribution in [0, 0.1) is 17.0 Å². The number of carbonyl (C=O) groups is 1. The first kappa shape index (κ1) is 27.9. The molecule has 1 aliphatic rings. The van der Waals surface area contributed by atoms with Gasteiger partial charge in [0.2, 0.25) is 5.91 Å². The lowest BCUT2D eigenvalue weighted by molar-refractivity contribution is 0.0763. The Hall–Kier alpha value is -3.69. The van der Waals surface area contributed by atoms with E-state index in [2.05, 4.69) is 4.90 Å². The van der Waals surface area contributed by atoms with Crippen LogP contribution in [0.2, 0.25) is 0 Å². The van der Waals surface area contributed by atoms with Gasteiger partial charge in [0.15, 0.2) is 0 Å². The summed E-state index contributed by atoms with van der Waals surface area (Å²) in [6.45, 7) is 7.30. The molecule has 1 fully saturated rings. The number of rotatable bonds is 5. The molecule has 5 rings (SSSR count). The Morgan fingerprint density at radius 2 is 1.40 bits per heavy atom. The van der Waals surface area contributed by atoms with Crippen molar-refractivity contribution in [2.75, 3.05) is 19.6 Å². The van der Waals surface area contributed by atoms with Gasteiger partial charge in [-0.15, -0.1) is 11.3 Å². The maximum atomic E-state index is 13.6. The number of carbonyl (C=O) groups excluding carboxylic acids is 1. The van der Waals surface area contributed by atoms with Crippen LogP contribution < -0.4 is 11.2 Å². The monoisotopic (exact) mass is 563 g/mol. The minimum atomic E-state index is -0.788. The first-order chi connectivity index (χ1) is 19.0. The molecule has 0 atom stereocenters. The highest BCUT2D eigenvalue weighted by atomic mass is 32.1. The van der Waals surface area contributed by atoms with Crippen LogP contribution in [-0.4, -0.2) is 39.6 Å². The van der Waals surface area contributed by atoms with Crippen LogP contribution in [0.1, 0.15) is 49.5 Å². The second kappa shape index (κ2) is 11.1. The Balaban J connectivity index is 1.39. The first-order valence-corrected chi connectivity index (χ1v) is 14.2. The predicted molar refractivity (Wildman–Crippen MR) is 155 cm³/mol. The van der Waals surface area contributed by atoms with Crippen molar-refractivity contribution >= 4 is 33.7 Å². The summed E-state index contributed by atoms with van der Waals surface area (Å²) in [7, 11) is 0. The van der Waals surface area contributed by atoms with Gasteiger partial charge in [0.1, 0.15) is 11.6 Å². The number of piperidine rings is 1. The molecule has 2 aromatic heterocycles. The van der Waals surface area contributed by atoms with E-state index in [4.69, 9.17) is 0 Å². The molecule has 0 unspecified atom stereocenters. The smallest absolute Gasteiger partial charge is 0.301 e. The number of hydrogen-bond donors (Lipinski definition) is 0. The third-order valence-corrected chi connectivity index (χ3v) is 8.07. The van der Waals surface area contributed by atoms with E-state index in [1.165, 1.54) is 45.7 Å². The molecule has 2 aromatic carbocycles. The van der Waals surface area contributed by atoms with Crippen molar-refractivity contribution in [1.82, 2.24) is 14.0 Å². The van der Waals surface area contributed by atoms with E-state index in [0.717, 1.165) is 34.1 Å². The number of nitrogens with zero attached hydrogens (tertiary/aromatic N) is 3. The second-order valence-electron chi connectivity index (χ2n) is 11.1. The average Bonchev–Trinajstić information content (AvgIpc) is 3.41. The molecule has 0 aliphatic carbocycles. The largest absolute Gasteiger partial charge is 0.338 e. The zero-order chi connectivity index (χ0) is 28.6. The lowest BCUT2D eigenvalue weighted by Gasteiger charge is -2.30. The molecular weight excluding hydrogens is 532 g/mol.